The molecule has 0 saturated carbocycles. The van der Waals surface area contributed by atoms with Crippen LogP contribution in [0.3, 0.4) is 0 Å². The Morgan fingerprint density at radius 3 is 2.15 bits per heavy atom. The van der Waals surface area contributed by atoms with E-state index in [-0.39, 0.29) is 41.7 Å². The zero-order chi connectivity index (χ0) is 34.8. The molecule has 19 heteroatoms. The van der Waals surface area contributed by atoms with Crippen LogP contribution >= 0.6 is 0 Å². The second-order valence-electron chi connectivity index (χ2n) is 9.87. The molecule has 1 aliphatic rings. The van der Waals surface area contributed by atoms with Crippen molar-refractivity contribution in [1.29, 1.82) is 0 Å². The number of aliphatic hydroxyl groups excluding tert-OH is 1. The molecule has 0 spiro atoms. The lowest BCUT2D eigenvalue weighted by molar-refractivity contribution is -0.255. The maximum absolute atomic E-state index is 13.6. The van der Waals surface area contributed by atoms with Crippen LogP contribution in [0.1, 0.15) is 11.1 Å². The number of carboxylic acids is 1. The van der Waals surface area contributed by atoms with Crippen LogP contribution in [0.25, 0.3) is 11.3 Å². The molecule has 3 aromatic rings. The molecule has 46 heavy (non-hydrogen) atoms. The van der Waals surface area contributed by atoms with Gasteiger partial charge >= 0.3 is 18.3 Å². The van der Waals surface area contributed by atoms with Crippen molar-refractivity contribution in [2.24, 2.45) is 5.73 Å². The van der Waals surface area contributed by atoms with E-state index in [0.717, 1.165) is 12.1 Å². The number of nitrogens with zero attached hydrogens (tertiary/aromatic N) is 4. The molecule has 1 aromatic heterocycles. The smallest absolute Gasteiger partial charge is 0.490 e. The monoisotopic (exact) mass is 660 g/mol. The summed E-state index contributed by atoms with van der Waals surface area (Å²) in [4.78, 5) is 45.1. The Kier molecular flexibility index (Phi) is 10.0. The summed E-state index contributed by atoms with van der Waals surface area (Å²) in [6.45, 7) is 1.03. The fourth-order valence-electron chi connectivity index (χ4n) is 4.43. The van der Waals surface area contributed by atoms with E-state index < -0.39 is 53.9 Å². The van der Waals surface area contributed by atoms with Gasteiger partial charge in [-0.15, -0.1) is 0 Å². The van der Waals surface area contributed by atoms with Crippen molar-refractivity contribution in [2.75, 3.05) is 35.2 Å². The summed E-state index contributed by atoms with van der Waals surface area (Å²) >= 11 is 0. The Bertz CT molecular complexity index is 1620. The van der Waals surface area contributed by atoms with E-state index >= 15 is 0 Å². The Hall–Kier alpha value is -5.17. The number of benzene rings is 2. The number of amides is 2. The molecular formula is C27H26F6N6O7. The van der Waals surface area contributed by atoms with Gasteiger partial charge in [-0.3, -0.25) is 9.59 Å². The van der Waals surface area contributed by atoms with E-state index in [1.54, 1.807) is 6.92 Å². The van der Waals surface area contributed by atoms with Crippen molar-refractivity contribution >= 4 is 35.1 Å². The number of anilines is 3. The van der Waals surface area contributed by atoms with E-state index in [9.17, 15) is 51.3 Å². The molecule has 0 radical (unpaired) electrons. The lowest BCUT2D eigenvalue weighted by atomic mass is 9.89. The summed E-state index contributed by atoms with van der Waals surface area (Å²) in [6, 6.07) is 8.31. The van der Waals surface area contributed by atoms with Crippen molar-refractivity contribution in [3.8, 4) is 17.0 Å². The van der Waals surface area contributed by atoms with E-state index in [2.05, 4.69) is 9.97 Å². The number of nitrogens with two attached hydrogens (primary N) is 2. The van der Waals surface area contributed by atoms with Gasteiger partial charge in [0.25, 0.3) is 11.5 Å². The highest BCUT2D eigenvalue weighted by molar-refractivity contribution is 5.98. The third kappa shape index (κ3) is 7.20. The van der Waals surface area contributed by atoms with Gasteiger partial charge < -0.3 is 41.7 Å². The van der Waals surface area contributed by atoms with Crippen molar-refractivity contribution < 1.29 is 61.2 Å². The second kappa shape index (κ2) is 13.1. The molecule has 0 bridgehead atoms. The van der Waals surface area contributed by atoms with Crippen LogP contribution in [-0.2, 0) is 20.0 Å². The highest BCUT2D eigenvalue weighted by atomic mass is 19.4. The molecule has 1 saturated heterocycles. The number of carboxylic acid groups (broad SMARTS) is 1. The number of carbonyl (C=O) groups is 3. The fraction of sp³-hybridized carbons (Fsp3) is 0.296. The fourth-order valence-corrected chi connectivity index (χ4v) is 4.43. The van der Waals surface area contributed by atoms with Gasteiger partial charge in [0.15, 0.2) is 11.6 Å². The molecule has 2 atom stereocenters. The van der Waals surface area contributed by atoms with Gasteiger partial charge in [-0.25, -0.2) is 14.8 Å². The van der Waals surface area contributed by atoms with E-state index in [4.69, 9.17) is 21.4 Å². The van der Waals surface area contributed by atoms with E-state index in [1.165, 1.54) is 46.3 Å². The average Bonchev–Trinajstić information content (AvgIpc) is 2.96. The number of primary amides is 1. The number of hydrogen-bond acceptors (Lipinski definition) is 10. The summed E-state index contributed by atoms with van der Waals surface area (Å²) in [5.74, 6) is -5.17. The Morgan fingerprint density at radius 2 is 1.65 bits per heavy atom. The number of rotatable bonds is 6. The first kappa shape index (κ1) is 35.3. The number of halogens is 6. The normalized spacial score (nSPS) is 16.7. The number of phenolic OH excluding ortho intramolecular Hbond substituents is 1. The predicted molar refractivity (Wildman–Crippen MR) is 148 cm³/mol. The molecule has 4 rings (SSSR count). The Balaban J connectivity index is 0.000000738. The van der Waals surface area contributed by atoms with Crippen LogP contribution in [0, 0.1) is 6.92 Å². The van der Waals surface area contributed by atoms with E-state index in [1.807, 2.05) is 0 Å². The molecule has 1 unspecified atom stereocenters. The van der Waals surface area contributed by atoms with Crippen LogP contribution in [0.2, 0.25) is 0 Å². The van der Waals surface area contributed by atoms with Crippen LogP contribution in [0.5, 0.6) is 5.75 Å². The number of carbonyl (C=O) groups excluding carboxylic acids is 2. The van der Waals surface area contributed by atoms with Crippen LogP contribution in [0.15, 0.2) is 48.7 Å². The van der Waals surface area contributed by atoms with E-state index in [0.29, 0.717) is 11.3 Å². The van der Waals surface area contributed by atoms with Gasteiger partial charge in [0, 0.05) is 23.4 Å². The first-order valence-corrected chi connectivity index (χ1v) is 12.8. The Morgan fingerprint density at radius 1 is 1.07 bits per heavy atom. The summed E-state index contributed by atoms with van der Waals surface area (Å²) < 4.78 is 72.7. The van der Waals surface area contributed by atoms with Crippen molar-refractivity contribution in [3.05, 3.63) is 59.8 Å². The minimum atomic E-state index is -5.39. The Labute approximate surface area is 255 Å². The molecule has 2 aromatic carbocycles. The molecule has 0 aliphatic carbocycles. The van der Waals surface area contributed by atoms with Gasteiger partial charge in [0.2, 0.25) is 5.91 Å². The summed E-state index contributed by atoms with van der Waals surface area (Å²) in [5.41, 5.74) is 7.30. The van der Waals surface area contributed by atoms with Crippen LogP contribution in [0.4, 0.5) is 43.7 Å². The minimum absolute atomic E-state index is 0.00844. The second-order valence-corrected chi connectivity index (χ2v) is 9.87. The first-order chi connectivity index (χ1) is 21.2. The maximum Gasteiger partial charge on any atom is 0.490 e. The quantitative estimate of drug-likeness (QED) is 0.210. The van der Waals surface area contributed by atoms with Gasteiger partial charge in [0.05, 0.1) is 31.1 Å². The molecule has 1 fully saturated rings. The topological polar surface area (TPSA) is 216 Å². The number of piperazine rings is 1. The number of nitrogen functional groups attached to an aromatic ring is 1. The predicted octanol–water partition coefficient (Wildman–Crippen LogP) is 1.82. The summed E-state index contributed by atoms with van der Waals surface area (Å²) in [6.07, 6.45) is -9.26. The van der Waals surface area contributed by atoms with Gasteiger partial charge in [-0.1, -0.05) is 12.1 Å². The highest BCUT2D eigenvalue weighted by Gasteiger charge is 2.60. The lowest BCUT2D eigenvalue weighted by Crippen LogP contribution is -2.58. The number of aliphatic hydroxyl groups is 2. The molecule has 2 amide bonds. The molecule has 248 valence electrons. The van der Waals surface area contributed by atoms with Crippen molar-refractivity contribution in [3.63, 3.8) is 0 Å². The molecule has 13 nitrogen and oxygen atoms in total. The molecule has 8 N–H and O–H groups in total. The molecule has 2 heterocycles. The van der Waals surface area contributed by atoms with Crippen LogP contribution in [-0.4, -0.2) is 86.3 Å². The lowest BCUT2D eigenvalue weighted by Gasteiger charge is -2.41. The third-order valence-corrected chi connectivity index (χ3v) is 6.75. The number of phenols is 1. The number of alkyl halides is 6. The number of hydrogen-bond donors (Lipinski definition) is 6. The molecule has 1 aliphatic heterocycles. The third-order valence-electron chi connectivity index (χ3n) is 6.75. The number of aromatic nitrogens is 2. The van der Waals surface area contributed by atoms with Crippen LogP contribution < -0.4 is 21.3 Å². The van der Waals surface area contributed by atoms with Gasteiger partial charge in [0.1, 0.15) is 5.75 Å². The first-order valence-electron chi connectivity index (χ1n) is 12.8. The molecular weight excluding hydrogens is 634 g/mol. The highest BCUT2D eigenvalue weighted by Crippen LogP contribution is 2.41. The largest absolute Gasteiger partial charge is 0.508 e. The average molecular weight is 661 g/mol. The zero-order valence-corrected chi connectivity index (χ0v) is 23.5. The zero-order valence-electron chi connectivity index (χ0n) is 23.5. The summed E-state index contributed by atoms with van der Waals surface area (Å²) in [5, 5.41) is 36.9. The minimum Gasteiger partial charge on any atom is -0.508 e. The van der Waals surface area contributed by atoms with Gasteiger partial charge in [-0.05, 0) is 42.8 Å². The van der Waals surface area contributed by atoms with Crippen molar-refractivity contribution in [2.45, 2.75) is 30.9 Å². The van der Waals surface area contributed by atoms with Gasteiger partial charge in [-0.2, -0.15) is 26.3 Å². The standard InChI is InChI=1S/C25H25F3N6O5.C2HF3O2/c1-13-2-3-14(24(39,23(30)38)25(26,27)28)8-18(13)19-9-31-21(29)22(32-19)33-10-16(12-35)34(20(37)11-33)15-4-6-17(36)7-5-15;3-2(4,5)1(6)7/h2-9,16,35-36,39H,10-12H2,1H3,(H2,29,31)(H2,30,38);(H,6,7)/t16-,24?;/m1./s1. The number of aliphatic carboxylic acids is 1. The maximum atomic E-state index is 13.6. The SMILES string of the molecule is Cc1ccc(C(O)(C(N)=O)C(F)(F)F)cc1-c1cnc(N)c(N2CC(=O)N(c3ccc(O)cc3)[C@@H](CO)C2)n1.O=C(O)C(F)(F)F. The van der Waals surface area contributed by atoms with Crippen molar-refractivity contribution in [1.82, 2.24) is 9.97 Å². The number of aromatic hydroxyl groups is 1. The summed E-state index contributed by atoms with van der Waals surface area (Å²) in [7, 11) is 0. The number of aryl methyl sites for hydroxylation is 1.